The summed E-state index contributed by atoms with van der Waals surface area (Å²) >= 11 is 3.20. The van der Waals surface area contributed by atoms with Crippen LogP contribution in [-0.4, -0.2) is 11.0 Å². The van der Waals surface area contributed by atoms with E-state index in [0.29, 0.717) is 10.0 Å². The number of phenolic OH excluding ortho intramolecular Hbond substituents is 1. The Balaban J connectivity index is 2.17. The van der Waals surface area contributed by atoms with Gasteiger partial charge in [-0.2, -0.15) is 5.26 Å². The number of nitrogens with one attached hydrogen (secondary N) is 1. The van der Waals surface area contributed by atoms with Gasteiger partial charge in [0.25, 0.3) is 5.91 Å². The molecule has 2 N–H and O–H groups in total. The van der Waals surface area contributed by atoms with Crippen LogP contribution >= 0.6 is 15.9 Å². The highest BCUT2D eigenvalue weighted by Gasteiger charge is 2.13. The molecule has 0 saturated heterocycles. The van der Waals surface area contributed by atoms with Gasteiger partial charge in [-0.15, -0.1) is 0 Å². The predicted molar refractivity (Wildman–Crippen MR) is 92.4 cm³/mol. The van der Waals surface area contributed by atoms with Gasteiger partial charge in [-0.1, -0.05) is 36.4 Å². The average molecular weight is 371 g/mol. The largest absolute Gasteiger partial charge is 0.507 e. The van der Waals surface area contributed by atoms with Crippen molar-refractivity contribution in [3.05, 3.63) is 69.7 Å². The maximum absolute atomic E-state index is 12.3. The van der Waals surface area contributed by atoms with Crippen molar-refractivity contribution in [2.24, 2.45) is 0 Å². The number of amides is 1. The third-order valence-electron chi connectivity index (χ3n) is 3.29. The van der Waals surface area contributed by atoms with Crippen LogP contribution < -0.4 is 5.32 Å². The van der Waals surface area contributed by atoms with Crippen molar-refractivity contribution in [3.63, 3.8) is 0 Å². The molecule has 0 spiro atoms. The molecular weight excluding hydrogens is 356 g/mol. The van der Waals surface area contributed by atoms with Gasteiger partial charge in [-0.25, -0.2) is 0 Å². The van der Waals surface area contributed by atoms with E-state index in [2.05, 4.69) is 21.2 Å². The van der Waals surface area contributed by atoms with Crippen molar-refractivity contribution in [1.29, 1.82) is 5.26 Å². The summed E-state index contributed by atoms with van der Waals surface area (Å²) in [6.07, 6.45) is 1.48. The lowest BCUT2D eigenvalue weighted by molar-refractivity contribution is -0.117. The lowest BCUT2D eigenvalue weighted by Crippen LogP contribution is -2.27. The SMILES string of the molecule is C[C@H](NC(=O)/C(C#N)=C\c1ccc(O)c(Br)c1)c1ccccc1. The second kappa shape index (κ2) is 7.61. The van der Waals surface area contributed by atoms with Crippen LogP contribution in [0.25, 0.3) is 6.08 Å². The van der Waals surface area contributed by atoms with E-state index >= 15 is 0 Å². The van der Waals surface area contributed by atoms with E-state index in [1.807, 2.05) is 43.3 Å². The minimum atomic E-state index is -0.437. The monoisotopic (exact) mass is 370 g/mol. The van der Waals surface area contributed by atoms with Crippen LogP contribution in [0.5, 0.6) is 5.75 Å². The fourth-order valence-electron chi connectivity index (χ4n) is 2.03. The topological polar surface area (TPSA) is 73.1 Å². The number of carbonyl (C=O) groups excluding carboxylic acids is 1. The molecule has 2 rings (SSSR count). The molecule has 116 valence electrons. The molecule has 1 amide bonds. The van der Waals surface area contributed by atoms with Crippen LogP contribution in [0.15, 0.2) is 58.6 Å². The lowest BCUT2D eigenvalue weighted by Gasteiger charge is -2.13. The van der Waals surface area contributed by atoms with Crippen molar-refractivity contribution in [3.8, 4) is 11.8 Å². The summed E-state index contributed by atoms with van der Waals surface area (Å²) in [4.78, 5) is 12.3. The fourth-order valence-corrected chi connectivity index (χ4v) is 2.42. The molecule has 23 heavy (non-hydrogen) atoms. The molecule has 4 nitrogen and oxygen atoms in total. The Morgan fingerprint density at radius 3 is 2.61 bits per heavy atom. The highest BCUT2D eigenvalue weighted by molar-refractivity contribution is 9.10. The predicted octanol–water partition coefficient (Wildman–Crippen LogP) is 3.94. The smallest absolute Gasteiger partial charge is 0.262 e. The highest BCUT2D eigenvalue weighted by atomic mass is 79.9. The fraction of sp³-hybridized carbons (Fsp3) is 0.111. The summed E-state index contributed by atoms with van der Waals surface area (Å²) < 4.78 is 0.501. The molecule has 5 heteroatoms. The van der Waals surface area contributed by atoms with Crippen LogP contribution in [0.4, 0.5) is 0 Å². The third-order valence-corrected chi connectivity index (χ3v) is 3.93. The van der Waals surface area contributed by atoms with Gasteiger partial charge >= 0.3 is 0 Å². The second-order valence-electron chi connectivity index (χ2n) is 4.99. The number of nitrogens with zero attached hydrogens (tertiary/aromatic N) is 1. The molecule has 0 aliphatic carbocycles. The molecule has 0 bridgehead atoms. The Hall–Kier alpha value is -2.58. The van der Waals surface area contributed by atoms with Gasteiger partial charge in [-0.3, -0.25) is 4.79 Å². The van der Waals surface area contributed by atoms with Crippen molar-refractivity contribution in [2.45, 2.75) is 13.0 Å². The van der Waals surface area contributed by atoms with Gasteiger partial charge in [0.05, 0.1) is 10.5 Å². The van der Waals surface area contributed by atoms with E-state index in [9.17, 15) is 15.2 Å². The molecular formula is C18H15BrN2O2. The summed E-state index contributed by atoms with van der Waals surface area (Å²) in [6, 6.07) is 16.0. The number of aromatic hydroxyl groups is 1. The first-order chi connectivity index (χ1) is 11.0. The molecule has 0 radical (unpaired) electrons. The molecule has 0 heterocycles. The zero-order chi connectivity index (χ0) is 16.8. The van der Waals surface area contributed by atoms with E-state index in [1.54, 1.807) is 12.1 Å². The third kappa shape index (κ3) is 4.44. The first-order valence-electron chi connectivity index (χ1n) is 6.97. The van der Waals surface area contributed by atoms with E-state index < -0.39 is 5.91 Å². The van der Waals surface area contributed by atoms with E-state index in [4.69, 9.17) is 0 Å². The Labute approximate surface area is 143 Å². The Bertz CT molecular complexity index is 779. The molecule has 0 unspecified atom stereocenters. The number of benzene rings is 2. The molecule has 2 aromatic rings. The molecule has 2 aromatic carbocycles. The first-order valence-corrected chi connectivity index (χ1v) is 7.76. The number of nitriles is 1. The minimum absolute atomic E-state index is 0.00497. The van der Waals surface area contributed by atoms with Crippen LogP contribution in [0.3, 0.4) is 0 Å². The Morgan fingerprint density at radius 1 is 1.30 bits per heavy atom. The average Bonchev–Trinajstić information content (AvgIpc) is 2.56. The summed E-state index contributed by atoms with van der Waals surface area (Å²) in [5.74, 6) is -0.337. The number of hydrogen-bond donors (Lipinski definition) is 2. The quantitative estimate of drug-likeness (QED) is 0.632. The number of rotatable bonds is 4. The number of hydrogen-bond acceptors (Lipinski definition) is 3. The van der Waals surface area contributed by atoms with E-state index in [0.717, 1.165) is 5.56 Å². The van der Waals surface area contributed by atoms with Gasteiger partial charge in [-0.05, 0) is 52.2 Å². The van der Waals surface area contributed by atoms with Crippen molar-refractivity contribution in [1.82, 2.24) is 5.32 Å². The lowest BCUT2D eigenvalue weighted by atomic mass is 10.1. The van der Waals surface area contributed by atoms with Crippen LogP contribution in [-0.2, 0) is 4.79 Å². The summed E-state index contributed by atoms with van der Waals surface area (Å²) in [5.41, 5.74) is 1.62. The van der Waals surface area contributed by atoms with E-state index in [-0.39, 0.29) is 17.4 Å². The Morgan fingerprint density at radius 2 is 2.00 bits per heavy atom. The number of phenols is 1. The number of carbonyl (C=O) groups is 1. The van der Waals surface area contributed by atoms with Gasteiger partial charge < -0.3 is 10.4 Å². The van der Waals surface area contributed by atoms with Gasteiger partial charge in [0.1, 0.15) is 17.4 Å². The van der Waals surface area contributed by atoms with Crippen molar-refractivity contribution in [2.75, 3.05) is 0 Å². The molecule has 1 atom stereocenters. The zero-order valence-electron chi connectivity index (χ0n) is 12.5. The number of halogens is 1. The standard InChI is InChI=1S/C18H15BrN2O2/c1-12(14-5-3-2-4-6-14)21-18(23)15(11-20)9-13-7-8-17(22)16(19)10-13/h2-10,12,22H,1H3,(H,21,23)/b15-9-/t12-/m0/s1. The van der Waals surface area contributed by atoms with E-state index in [1.165, 1.54) is 12.1 Å². The molecule has 0 fully saturated rings. The summed E-state index contributed by atoms with van der Waals surface area (Å²) in [6.45, 7) is 1.86. The first kappa shape index (κ1) is 16.8. The van der Waals surface area contributed by atoms with Gasteiger partial charge in [0.2, 0.25) is 0 Å². The van der Waals surface area contributed by atoms with Gasteiger partial charge in [0, 0.05) is 0 Å². The van der Waals surface area contributed by atoms with Crippen LogP contribution in [0.1, 0.15) is 24.1 Å². The Kier molecular flexibility index (Phi) is 5.56. The molecule has 0 saturated carbocycles. The maximum Gasteiger partial charge on any atom is 0.262 e. The van der Waals surface area contributed by atoms with Crippen molar-refractivity contribution >= 4 is 27.9 Å². The molecule has 0 aliphatic heterocycles. The highest BCUT2D eigenvalue weighted by Crippen LogP contribution is 2.25. The normalized spacial score (nSPS) is 12.3. The summed E-state index contributed by atoms with van der Waals surface area (Å²) in [7, 11) is 0. The van der Waals surface area contributed by atoms with Crippen LogP contribution in [0.2, 0.25) is 0 Å². The van der Waals surface area contributed by atoms with Crippen LogP contribution in [0, 0.1) is 11.3 Å². The zero-order valence-corrected chi connectivity index (χ0v) is 14.0. The molecule has 0 aromatic heterocycles. The summed E-state index contributed by atoms with van der Waals surface area (Å²) in [5, 5.41) is 21.5. The molecule has 0 aliphatic rings. The van der Waals surface area contributed by atoms with Gasteiger partial charge in [0.15, 0.2) is 0 Å². The minimum Gasteiger partial charge on any atom is -0.507 e. The van der Waals surface area contributed by atoms with Crippen molar-refractivity contribution < 1.29 is 9.90 Å². The second-order valence-corrected chi connectivity index (χ2v) is 5.84. The maximum atomic E-state index is 12.3.